The van der Waals surface area contributed by atoms with Gasteiger partial charge in [0.2, 0.25) is 11.5 Å². The number of benzene rings is 1. The molecule has 0 radical (unpaired) electrons. The molecule has 1 aromatic carbocycles. The van der Waals surface area contributed by atoms with Crippen LogP contribution in [0, 0.1) is 5.92 Å². The first-order chi connectivity index (χ1) is 18.2. The molecule has 1 aliphatic carbocycles. The Morgan fingerprint density at radius 2 is 1.74 bits per heavy atom. The van der Waals surface area contributed by atoms with Gasteiger partial charge in [-0.05, 0) is 63.5 Å². The summed E-state index contributed by atoms with van der Waals surface area (Å²) < 4.78 is 59.3. The minimum atomic E-state index is -4.79. The molecular weight excluding hydrogens is 495 g/mol. The summed E-state index contributed by atoms with van der Waals surface area (Å²) in [5.74, 6) is 0.0341. The molecule has 3 atom stereocenters. The van der Waals surface area contributed by atoms with Crippen LogP contribution in [0.3, 0.4) is 0 Å². The maximum atomic E-state index is 14.1. The molecule has 3 unspecified atom stereocenters. The lowest BCUT2D eigenvalue weighted by molar-refractivity contribution is -0.289. The molecule has 0 spiro atoms. The largest absolute Gasteiger partial charge is 0.474 e. The first-order valence-electron chi connectivity index (χ1n) is 13.0. The van der Waals surface area contributed by atoms with Gasteiger partial charge in [-0.3, -0.25) is 0 Å². The number of hydrogen-bond donors (Lipinski definition) is 0. The molecule has 0 saturated heterocycles. The minimum Gasteiger partial charge on any atom is -0.474 e. The smallest absolute Gasteiger partial charge is 0.426 e. The van der Waals surface area contributed by atoms with E-state index in [0.29, 0.717) is 17.4 Å². The second-order valence-electron chi connectivity index (χ2n) is 10.1. The highest BCUT2D eigenvalue weighted by Gasteiger charge is 2.58. The molecule has 1 saturated carbocycles. The molecular formula is C29H34F3N3O3. The van der Waals surface area contributed by atoms with E-state index in [1.807, 2.05) is 0 Å². The molecule has 204 valence electrons. The van der Waals surface area contributed by atoms with Crippen LogP contribution in [0.4, 0.5) is 13.2 Å². The van der Waals surface area contributed by atoms with Gasteiger partial charge in [0, 0.05) is 6.07 Å². The molecule has 1 fully saturated rings. The van der Waals surface area contributed by atoms with Gasteiger partial charge in [-0.15, -0.1) is 10.2 Å². The van der Waals surface area contributed by atoms with Crippen LogP contribution in [0.1, 0.15) is 70.2 Å². The summed E-state index contributed by atoms with van der Waals surface area (Å²) >= 11 is 0. The Kier molecular flexibility index (Phi) is 8.87. The summed E-state index contributed by atoms with van der Waals surface area (Å²) in [6.45, 7) is 6.83. The predicted molar refractivity (Wildman–Crippen MR) is 137 cm³/mol. The standard InChI is InChI=1S/C29H34F3N3O3/c1-20(2)22-13-8-5-9-14-23(18-17-22)37-25-16-10-15-24(33-25)26-34-35-27(38-26)28(3,29(30,31)32)36-19-21-11-6-4-7-12-21/h4,6-7,10-12,15-16,22-23H,1,5,8-9,13-14,17-19H2,2-3H3. The zero-order valence-corrected chi connectivity index (χ0v) is 21.8. The maximum Gasteiger partial charge on any atom is 0.426 e. The summed E-state index contributed by atoms with van der Waals surface area (Å²) in [7, 11) is 0. The van der Waals surface area contributed by atoms with Gasteiger partial charge >= 0.3 is 6.18 Å². The third kappa shape index (κ3) is 6.81. The third-order valence-electron chi connectivity index (χ3n) is 7.09. The van der Waals surface area contributed by atoms with Gasteiger partial charge in [0.15, 0.2) is 0 Å². The average Bonchev–Trinajstić information content (AvgIpc) is 3.42. The quantitative estimate of drug-likeness (QED) is 0.277. The van der Waals surface area contributed by atoms with Gasteiger partial charge in [-0.2, -0.15) is 13.2 Å². The van der Waals surface area contributed by atoms with Gasteiger partial charge in [0.25, 0.3) is 11.8 Å². The summed E-state index contributed by atoms with van der Waals surface area (Å²) in [4.78, 5) is 4.46. The molecule has 2 aromatic heterocycles. The maximum absolute atomic E-state index is 14.1. The molecule has 2 heterocycles. The number of alkyl halides is 3. The van der Waals surface area contributed by atoms with Crippen LogP contribution in [0.5, 0.6) is 5.88 Å². The second kappa shape index (κ2) is 12.1. The van der Waals surface area contributed by atoms with Crippen molar-refractivity contribution < 1.29 is 27.1 Å². The summed E-state index contributed by atoms with van der Waals surface area (Å²) in [5, 5.41) is 7.55. The van der Waals surface area contributed by atoms with Crippen molar-refractivity contribution in [1.29, 1.82) is 0 Å². The highest BCUT2D eigenvalue weighted by molar-refractivity contribution is 5.47. The lowest BCUT2D eigenvalue weighted by atomic mass is 9.91. The zero-order chi connectivity index (χ0) is 27.2. The van der Waals surface area contributed by atoms with Crippen molar-refractivity contribution in [3.05, 3.63) is 72.1 Å². The van der Waals surface area contributed by atoms with Crippen LogP contribution in [0.25, 0.3) is 11.6 Å². The molecule has 3 aromatic rings. The zero-order valence-electron chi connectivity index (χ0n) is 21.8. The second-order valence-corrected chi connectivity index (χ2v) is 10.1. The van der Waals surface area contributed by atoms with Crippen molar-refractivity contribution >= 4 is 0 Å². The highest BCUT2D eigenvalue weighted by atomic mass is 19.4. The molecule has 6 nitrogen and oxygen atoms in total. The van der Waals surface area contributed by atoms with Crippen molar-refractivity contribution in [3.63, 3.8) is 0 Å². The number of halogens is 3. The van der Waals surface area contributed by atoms with Crippen molar-refractivity contribution in [3.8, 4) is 17.5 Å². The van der Waals surface area contributed by atoms with Crippen molar-refractivity contribution in [2.75, 3.05) is 0 Å². The highest BCUT2D eigenvalue weighted by Crippen LogP contribution is 2.42. The molecule has 0 amide bonds. The number of ether oxygens (including phenoxy) is 2. The number of nitrogens with zero attached hydrogens (tertiary/aromatic N) is 3. The van der Waals surface area contributed by atoms with Gasteiger partial charge < -0.3 is 13.9 Å². The number of hydrogen-bond acceptors (Lipinski definition) is 6. The van der Waals surface area contributed by atoms with Crippen LogP contribution in [0.15, 0.2) is 65.1 Å². The van der Waals surface area contributed by atoms with E-state index < -0.39 is 17.7 Å². The Morgan fingerprint density at radius 1 is 0.974 bits per heavy atom. The number of allylic oxidation sites excluding steroid dienone is 1. The van der Waals surface area contributed by atoms with Crippen molar-refractivity contribution in [2.45, 2.75) is 83.3 Å². The number of rotatable bonds is 8. The fraction of sp³-hybridized carbons (Fsp3) is 0.483. The van der Waals surface area contributed by atoms with E-state index in [9.17, 15) is 13.2 Å². The summed E-state index contributed by atoms with van der Waals surface area (Å²) in [6, 6.07) is 13.6. The lowest BCUT2D eigenvalue weighted by Crippen LogP contribution is -2.42. The Balaban J connectivity index is 1.50. The normalized spacial score (nSPS) is 20.6. The summed E-state index contributed by atoms with van der Waals surface area (Å²) in [5.41, 5.74) is -0.763. The van der Waals surface area contributed by atoms with Crippen LogP contribution < -0.4 is 4.74 Å². The molecule has 0 bridgehead atoms. The van der Waals surface area contributed by atoms with Crippen LogP contribution in [-0.2, 0) is 16.9 Å². The van der Waals surface area contributed by atoms with Gasteiger partial charge in [0.05, 0.1) is 6.61 Å². The third-order valence-corrected chi connectivity index (χ3v) is 7.09. The van der Waals surface area contributed by atoms with Gasteiger partial charge in [-0.25, -0.2) is 4.98 Å². The van der Waals surface area contributed by atoms with Gasteiger partial charge in [0.1, 0.15) is 11.8 Å². The van der Waals surface area contributed by atoms with Crippen LogP contribution in [-0.4, -0.2) is 27.5 Å². The van der Waals surface area contributed by atoms with E-state index in [2.05, 4.69) is 28.7 Å². The van der Waals surface area contributed by atoms with Crippen molar-refractivity contribution in [1.82, 2.24) is 15.2 Å². The van der Waals surface area contributed by atoms with E-state index in [4.69, 9.17) is 13.9 Å². The predicted octanol–water partition coefficient (Wildman–Crippen LogP) is 7.81. The Hall–Kier alpha value is -3.20. The monoisotopic (exact) mass is 529 g/mol. The molecule has 9 heteroatoms. The van der Waals surface area contributed by atoms with Crippen LogP contribution >= 0.6 is 0 Å². The van der Waals surface area contributed by atoms with E-state index in [1.165, 1.54) is 12.0 Å². The molecule has 0 aliphatic heterocycles. The first-order valence-corrected chi connectivity index (χ1v) is 13.0. The van der Waals surface area contributed by atoms with Gasteiger partial charge in [-0.1, -0.05) is 61.4 Å². The minimum absolute atomic E-state index is 0.00384. The fourth-order valence-corrected chi connectivity index (χ4v) is 4.58. The Morgan fingerprint density at radius 3 is 2.47 bits per heavy atom. The van der Waals surface area contributed by atoms with Crippen molar-refractivity contribution in [2.24, 2.45) is 5.92 Å². The lowest BCUT2D eigenvalue weighted by Gasteiger charge is -2.28. The molecule has 1 aliphatic rings. The van der Waals surface area contributed by atoms with Crippen LogP contribution in [0.2, 0.25) is 0 Å². The Bertz CT molecular complexity index is 1200. The number of aromatic nitrogens is 3. The molecule has 38 heavy (non-hydrogen) atoms. The summed E-state index contributed by atoms with van der Waals surface area (Å²) in [6.07, 6.45) is 2.57. The Labute approximate surface area is 221 Å². The fourth-order valence-electron chi connectivity index (χ4n) is 4.58. The average molecular weight is 530 g/mol. The first kappa shape index (κ1) is 27.8. The molecule has 0 N–H and O–H groups in total. The SMILES string of the molecule is C=C(C)C1CCCCCC(Oc2cccc(-c3nnc(C(C)(OCc4ccccc4)C(F)(F)F)o3)n2)CC1. The van der Waals surface area contributed by atoms with E-state index >= 15 is 0 Å². The number of pyridine rings is 1. The van der Waals surface area contributed by atoms with E-state index in [-0.39, 0.29) is 24.3 Å². The molecule has 4 rings (SSSR count). The van der Waals surface area contributed by atoms with E-state index in [0.717, 1.165) is 45.4 Å². The van der Waals surface area contributed by atoms with E-state index in [1.54, 1.807) is 48.5 Å². The topological polar surface area (TPSA) is 70.3 Å².